The van der Waals surface area contributed by atoms with Gasteiger partial charge in [-0.2, -0.15) is 0 Å². The lowest BCUT2D eigenvalue weighted by Gasteiger charge is -2.25. The number of aliphatic hydroxyl groups excluding tert-OH is 1. The monoisotopic (exact) mass is 392 g/mol. The molecule has 0 aliphatic carbocycles. The molecule has 1 aliphatic heterocycles. The molecule has 1 saturated heterocycles. The van der Waals surface area contributed by atoms with E-state index < -0.39 is 6.10 Å². The van der Waals surface area contributed by atoms with Gasteiger partial charge >= 0.3 is 0 Å². The van der Waals surface area contributed by atoms with Gasteiger partial charge in [-0.05, 0) is 42.8 Å². The molecule has 4 rings (SSSR count). The molecule has 0 unspecified atom stereocenters. The van der Waals surface area contributed by atoms with Crippen LogP contribution in [0.3, 0.4) is 0 Å². The van der Waals surface area contributed by atoms with Gasteiger partial charge in [0.15, 0.2) is 0 Å². The van der Waals surface area contributed by atoms with Crippen molar-refractivity contribution >= 4 is 17.5 Å². The number of hydrogen-bond donors (Lipinski definition) is 3. The predicted octanol–water partition coefficient (Wildman–Crippen LogP) is 1.68. The fraction of sp³-hybridized carbons (Fsp3) is 0.286. The van der Waals surface area contributed by atoms with Crippen molar-refractivity contribution in [3.8, 4) is 5.69 Å². The van der Waals surface area contributed by atoms with Crippen LogP contribution < -0.4 is 15.5 Å². The van der Waals surface area contributed by atoms with E-state index in [1.807, 2.05) is 64.3 Å². The number of amides is 1. The van der Waals surface area contributed by atoms with Gasteiger partial charge in [0.2, 0.25) is 0 Å². The molecular weight excluding hydrogens is 368 g/mol. The molecule has 1 aliphatic rings. The van der Waals surface area contributed by atoms with Crippen molar-refractivity contribution in [2.24, 2.45) is 0 Å². The molecule has 29 heavy (non-hydrogen) atoms. The van der Waals surface area contributed by atoms with Crippen molar-refractivity contribution in [3.05, 3.63) is 66.7 Å². The molecule has 1 aromatic carbocycles. The molecular formula is C21H24N6O2. The zero-order chi connectivity index (χ0) is 20.2. The van der Waals surface area contributed by atoms with Crippen LogP contribution in [0.25, 0.3) is 5.69 Å². The summed E-state index contributed by atoms with van der Waals surface area (Å²) in [6.07, 6.45) is 5.54. The van der Waals surface area contributed by atoms with E-state index in [2.05, 4.69) is 20.6 Å². The SMILES string of the molecule is CNc1cc(N2C[C@H](O)C[C@@H]2CNC(=O)c2ccc(-n3cccc3)cc2)ncn1. The first-order chi connectivity index (χ1) is 14.1. The van der Waals surface area contributed by atoms with Gasteiger partial charge in [0, 0.05) is 49.8 Å². The molecule has 2 aromatic heterocycles. The first kappa shape index (κ1) is 18.9. The number of aromatic nitrogens is 3. The molecule has 1 fully saturated rings. The Hall–Kier alpha value is -3.39. The molecule has 0 spiro atoms. The van der Waals surface area contributed by atoms with Gasteiger partial charge in [-0.15, -0.1) is 0 Å². The summed E-state index contributed by atoms with van der Waals surface area (Å²) in [4.78, 5) is 23.1. The van der Waals surface area contributed by atoms with Crippen LogP contribution in [0.2, 0.25) is 0 Å². The van der Waals surface area contributed by atoms with Gasteiger partial charge in [0.05, 0.1) is 12.1 Å². The number of nitrogens with one attached hydrogen (secondary N) is 2. The standard InChI is InChI=1S/C21H24N6O2/c1-22-19-11-20(25-14-24-19)27-13-18(28)10-17(27)12-23-21(29)15-4-6-16(7-5-15)26-8-2-3-9-26/h2-9,11,14,17-18,28H,10,12-13H2,1H3,(H,23,29)(H,22,24,25)/t17-,18-/m1/s1. The number of β-amino-alcohol motifs (C(OH)–C–C–N with tert-alkyl or cyclic N) is 1. The van der Waals surface area contributed by atoms with Crippen molar-refractivity contribution in [3.63, 3.8) is 0 Å². The normalized spacial score (nSPS) is 18.6. The number of carbonyl (C=O) groups excluding carboxylic acids is 1. The van der Waals surface area contributed by atoms with Crippen LogP contribution in [0.5, 0.6) is 0 Å². The summed E-state index contributed by atoms with van der Waals surface area (Å²) < 4.78 is 1.99. The summed E-state index contributed by atoms with van der Waals surface area (Å²) >= 11 is 0. The van der Waals surface area contributed by atoms with E-state index in [1.54, 1.807) is 7.05 Å². The summed E-state index contributed by atoms with van der Waals surface area (Å²) in [5, 5.41) is 16.1. The third kappa shape index (κ3) is 4.22. The average molecular weight is 392 g/mol. The highest BCUT2D eigenvalue weighted by Crippen LogP contribution is 2.25. The molecule has 8 heteroatoms. The number of rotatable bonds is 6. The van der Waals surface area contributed by atoms with Gasteiger partial charge in [-0.25, -0.2) is 9.97 Å². The van der Waals surface area contributed by atoms with E-state index >= 15 is 0 Å². The van der Waals surface area contributed by atoms with Crippen LogP contribution in [0.15, 0.2) is 61.2 Å². The molecule has 0 bridgehead atoms. The highest BCUT2D eigenvalue weighted by Gasteiger charge is 2.32. The van der Waals surface area contributed by atoms with Gasteiger partial charge in [0.1, 0.15) is 18.0 Å². The van der Waals surface area contributed by atoms with Gasteiger partial charge in [-0.1, -0.05) is 0 Å². The Labute approximate surface area is 169 Å². The summed E-state index contributed by atoms with van der Waals surface area (Å²) in [7, 11) is 1.80. The minimum absolute atomic E-state index is 0.0345. The van der Waals surface area contributed by atoms with E-state index in [-0.39, 0.29) is 11.9 Å². The number of aliphatic hydroxyl groups is 1. The number of anilines is 2. The maximum Gasteiger partial charge on any atom is 0.251 e. The number of carbonyl (C=O) groups is 1. The third-order valence-electron chi connectivity index (χ3n) is 5.13. The highest BCUT2D eigenvalue weighted by atomic mass is 16.3. The van der Waals surface area contributed by atoms with Crippen LogP contribution in [0, 0.1) is 0 Å². The van der Waals surface area contributed by atoms with Crippen molar-refractivity contribution in [1.82, 2.24) is 19.9 Å². The summed E-state index contributed by atoms with van der Waals surface area (Å²) in [6, 6.07) is 13.2. The Morgan fingerprint density at radius 2 is 1.97 bits per heavy atom. The lowest BCUT2D eigenvalue weighted by Crippen LogP contribution is -2.40. The largest absolute Gasteiger partial charge is 0.391 e. The van der Waals surface area contributed by atoms with Gasteiger partial charge in [-0.3, -0.25) is 4.79 Å². The fourth-order valence-electron chi connectivity index (χ4n) is 3.61. The molecule has 0 saturated carbocycles. The topological polar surface area (TPSA) is 95.3 Å². The van der Waals surface area contributed by atoms with Crippen molar-refractivity contribution in [2.75, 3.05) is 30.4 Å². The molecule has 150 valence electrons. The molecule has 2 atom stereocenters. The van der Waals surface area contributed by atoms with Crippen LogP contribution in [-0.4, -0.2) is 57.8 Å². The zero-order valence-corrected chi connectivity index (χ0v) is 16.2. The minimum Gasteiger partial charge on any atom is -0.391 e. The van der Waals surface area contributed by atoms with Gasteiger partial charge in [0.25, 0.3) is 5.91 Å². The molecule has 1 amide bonds. The summed E-state index contributed by atoms with van der Waals surface area (Å²) in [6.45, 7) is 0.903. The maximum absolute atomic E-state index is 12.6. The molecule has 3 heterocycles. The van der Waals surface area contributed by atoms with Crippen molar-refractivity contribution in [1.29, 1.82) is 0 Å². The van der Waals surface area contributed by atoms with E-state index in [0.29, 0.717) is 30.9 Å². The number of hydrogen-bond acceptors (Lipinski definition) is 6. The Kier molecular flexibility index (Phi) is 5.44. The minimum atomic E-state index is -0.453. The zero-order valence-electron chi connectivity index (χ0n) is 16.2. The first-order valence-electron chi connectivity index (χ1n) is 9.60. The lowest BCUT2D eigenvalue weighted by molar-refractivity contribution is 0.0950. The number of benzene rings is 1. The molecule has 3 N–H and O–H groups in total. The van der Waals surface area contributed by atoms with Gasteiger partial charge < -0.3 is 25.2 Å². The quantitative estimate of drug-likeness (QED) is 0.591. The lowest BCUT2D eigenvalue weighted by atomic mass is 10.1. The maximum atomic E-state index is 12.6. The van der Waals surface area contributed by atoms with Crippen LogP contribution in [0.1, 0.15) is 16.8 Å². The Morgan fingerprint density at radius 3 is 2.69 bits per heavy atom. The Balaban J connectivity index is 1.41. The van der Waals surface area contributed by atoms with E-state index in [4.69, 9.17) is 0 Å². The van der Waals surface area contributed by atoms with E-state index in [9.17, 15) is 9.90 Å². The smallest absolute Gasteiger partial charge is 0.251 e. The second-order valence-electron chi connectivity index (χ2n) is 7.05. The average Bonchev–Trinajstić information content (AvgIpc) is 3.42. The highest BCUT2D eigenvalue weighted by molar-refractivity contribution is 5.94. The molecule has 0 radical (unpaired) electrons. The summed E-state index contributed by atoms with van der Waals surface area (Å²) in [5.74, 6) is 1.31. The van der Waals surface area contributed by atoms with Crippen LogP contribution in [0.4, 0.5) is 11.6 Å². The Bertz CT molecular complexity index is 958. The van der Waals surface area contributed by atoms with Crippen LogP contribution in [-0.2, 0) is 0 Å². The fourth-order valence-corrected chi connectivity index (χ4v) is 3.61. The second-order valence-corrected chi connectivity index (χ2v) is 7.05. The first-order valence-corrected chi connectivity index (χ1v) is 9.60. The second kappa shape index (κ2) is 8.32. The third-order valence-corrected chi connectivity index (χ3v) is 5.13. The van der Waals surface area contributed by atoms with Crippen molar-refractivity contribution < 1.29 is 9.90 Å². The Morgan fingerprint density at radius 1 is 1.21 bits per heavy atom. The summed E-state index contributed by atoms with van der Waals surface area (Å²) in [5.41, 5.74) is 1.60. The van der Waals surface area contributed by atoms with Crippen LogP contribution >= 0.6 is 0 Å². The predicted molar refractivity (Wildman–Crippen MR) is 111 cm³/mol. The molecule has 3 aromatic rings. The van der Waals surface area contributed by atoms with Crippen molar-refractivity contribution in [2.45, 2.75) is 18.6 Å². The van der Waals surface area contributed by atoms with E-state index in [0.717, 1.165) is 11.5 Å². The number of nitrogens with zero attached hydrogens (tertiary/aromatic N) is 4. The van der Waals surface area contributed by atoms with E-state index in [1.165, 1.54) is 6.33 Å². The molecule has 8 nitrogen and oxygen atoms in total.